The fourth-order valence-electron chi connectivity index (χ4n) is 3.74. The summed E-state index contributed by atoms with van der Waals surface area (Å²) in [5.41, 5.74) is 7.03. The number of aliphatic imine (C=N–C) groups is 1. The van der Waals surface area contributed by atoms with Crippen molar-refractivity contribution in [1.29, 1.82) is 0 Å². The average Bonchev–Trinajstić information content (AvgIpc) is 2.81. The molecule has 10 heteroatoms. The van der Waals surface area contributed by atoms with Crippen molar-refractivity contribution in [3.63, 3.8) is 0 Å². The van der Waals surface area contributed by atoms with Crippen LogP contribution in [-0.4, -0.2) is 70.4 Å². The van der Waals surface area contributed by atoms with Gasteiger partial charge in [0.25, 0.3) is 5.91 Å². The molecule has 1 aromatic rings. The van der Waals surface area contributed by atoms with Gasteiger partial charge in [-0.3, -0.25) is 9.79 Å². The van der Waals surface area contributed by atoms with Crippen LogP contribution >= 0.6 is 0 Å². The van der Waals surface area contributed by atoms with E-state index in [0.29, 0.717) is 55.7 Å². The predicted octanol–water partition coefficient (Wildman–Crippen LogP) is 1.77. The van der Waals surface area contributed by atoms with E-state index in [-0.39, 0.29) is 10.8 Å². The fraction of sp³-hybridized carbons (Fsp3) is 0.545. The van der Waals surface area contributed by atoms with E-state index in [1.54, 1.807) is 19.1 Å². The third kappa shape index (κ3) is 6.38. The topological polar surface area (TPSA) is 123 Å². The summed E-state index contributed by atoms with van der Waals surface area (Å²) in [5, 5.41) is 2.76. The lowest BCUT2D eigenvalue weighted by molar-refractivity contribution is -0.112. The largest absolute Gasteiger partial charge is 0.404 e. The molecule has 2 aliphatic rings. The first-order chi connectivity index (χ1) is 15.4. The molecule has 2 fully saturated rings. The Morgan fingerprint density at radius 1 is 1.16 bits per heavy atom. The van der Waals surface area contributed by atoms with Gasteiger partial charge in [-0.05, 0) is 56.4 Å². The Bertz CT molecular complexity index is 932. The Kier molecular flexibility index (Phi) is 8.80. The highest BCUT2D eigenvalue weighted by Crippen LogP contribution is 2.20. The molecule has 2 heterocycles. The second-order valence-electron chi connectivity index (χ2n) is 7.89. The number of carbonyl (C=O) groups excluding carboxylic acids is 1. The molecule has 0 aliphatic carbocycles. The van der Waals surface area contributed by atoms with Gasteiger partial charge in [-0.1, -0.05) is 0 Å². The van der Waals surface area contributed by atoms with Crippen molar-refractivity contribution >= 4 is 27.3 Å². The van der Waals surface area contributed by atoms with Crippen LogP contribution in [0.1, 0.15) is 26.2 Å². The molecule has 0 radical (unpaired) electrons. The van der Waals surface area contributed by atoms with E-state index in [2.05, 4.69) is 10.3 Å². The number of hydrogen-bond acceptors (Lipinski definition) is 7. The summed E-state index contributed by atoms with van der Waals surface area (Å²) < 4.78 is 37.4. The Hall–Kier alpha value is -2.27. The number of carbonyl (C=O) groups is 1. The first kappa shape index (κ1) is 24.4. The van der Waals surface area contributed by atoms with E-state index in [1.807, 2.05) is 0 Å². The van der Waals surface area contributed by atoms with Crippen LogP contribution in [0, 0.1) is 5.92 Å². The Morgan fingerprint density at radius 3 is 2.41 bits per heavy atom. The third-order valence-corrected chi connectivity index (χ3v) is 7.66. The molecule has 176 valence electrons. The quantitative estimate of drug-likeness (QED) is 0.446. The molecule has 3 rings (SSSR count). The Balaban J connectivity index is 1.58. The molecule has 0 bridgehead atoms. The SMILES string of the molecule is CC(=NCCC1CCOCC1)/C(=C\N)C(=O)Nc1ccc(S(=O)(=O)N2CCOCC2)cc1. The highest BCUT2D eigenvalue weighted by atomic mass is 32.2. The summed E-state index contributed by atoms with van der Waals surface area (Å²) in [6.45, 7) is 5.44. The molecule has 0 saturated carbocycles. The molecule has 2 aliphatic heterocycles. The van der Waals surface area contributed by atoms with Crippen LogP contribution < -0.4 is 11.1 Å². The number of amides is 1. The van der Waals surface area contributed by atoms with Crippen molar-refractivity contribution in [2.75, 3.05) is 51.4 Å². The molecular weight excluding hydrogens is 432 g/mol. The van der Waals surface area contributed by atoms with Crippen LogP contribution in [-0.2, 0) is 24.3 Å². The molecule has 1 amide bonds. The number of hydrogen-bond donors (Lipinski definition) is 2. The number of sulfonamides is 1. The van der Waals surface area contributed by atoms with Gasteiger partial charge >= 0.3 is 0 Å². The van der Waals surface area contributed by atoms with Crippen molar-refractivity contribution in [3.05, 3.63) is 36.0 Å². The molecule has 0 spiro atoms. The summed E-state index contributed by atoms with van der Waals surface area (Å²) in [7, 11) is -3.58. The first-order valence-corrected chi connectivity index (χ1v) is 12.4. The summed E-state index contributed by atoms with van der Waals surface area (Å²) in [6, 6.07) is 6.11. The van der Waals surface area contributed by atoms with Crippen molar-refractivity contribution in [2.45, 2.75) is 31.1 Å². The minimum absolute atomic E-state index is 0.179. The number of nitrogens with zero attached hydrogens (tertiary/aromatic N) is 2. The standard InChI is InChI=1S/C22H32N4O5S/c1-17(24-9-6-18-7-12-30-13-8-18)21(16-23)22(27)25-19-2-4-20(5-3-19)32(28,29)26-10-14-31-15-11-26/h2-5,16,18H,6-15,23H2,1H3,(H,25,27)/b21-16+,24-17?. The summed E-state index contributed by atoms with van der Waals surface area (Å²) in [5.74, 6) is 0.218. The maximum atomic E-state index is 12.7. The molecule has 2 saturated heterocycles. The molecule has 9 nitrogen and oxygen atoms in total. The van der Waals surface area contributed by atoms with Gasteiger partial charge in [0, 0.05) is 50.4 Å². The van der Waals surface area contributed by atoms with Crippen LogP contribution in [0.3, 0.4) is 0 Å². The van der Waals surface area contributed by atoms with Gasteiger partial charge in [0.2, 0.25) is 10.0 Å². The zero-order valence-corrected chi connectivity index (χ0v) is 19.3. The van der Waals surface area contributed by atoms with E-state index in [4.69, 9.17) is 15.2 Å². The molecule has 32 heavy (non-hydrogen) atoms. The molecular formula is C22H32N4O5S. The van der Waals surface area contributed by atoms with Crippen molar-refractivity contribution in [3.8, 4) is 0 Å². The van der Waals surface area contributed by atoms with Crippen LogP contribution in [0.4, 0.5) is 5.69 Å². The number of benzene rings is 1. The highest BCUT2D eigenvalue weighted by Gasteiger charge is 2.26. The van der Waals surface area contributed by atoms with Crippen molar-refractivity contribution in [2.24, 2.45) is 16.6 Å². The van der Waals surface area contributed by atoms with E-state index in [1.165, 1.54) is 22.6 Å². The third-order valence-electron chi connectivity index (χ3n) is 5.75. The molecule has 0 atom stereocenters. The summed E-state index contributed by atoms with van der Waals surface area (Å²) in [6.07, 6.45) is 4.30. The summed E-state index contributed by atoms with van der Waals surface area (Å²) in [4.78, 5) is 17.4. The lowest BCUT2D eigenvalue weighted by atomic mass is 9.97. The van der Waals surface area contributed by atoms with Gasteiger partial charge in [0.1, 0.15) is 0 Å². The van der Waals surface area contributed by atoms with Gasteiger partial charge in [0.05, 0.1) is 23.7 Å². The van der Waals surface area contributed by atoms with E-state index >= 15 is 0 Å². The molecule has 0 unspecified atom stereocenters. The van der Waals surface area contributed by atoms with Crippen molar-refractivity contribution in [1.82, 2.24) is 4.31 Å². The van der Waals surface area contributed by atoms with Crippen molar-refractivity contribution < 1.29 is 22.7 Å². The van der Waals surface area contributed by atoms with Crippen LogP contribution in [0.5, 0.6) is 0 Å². The molecule has 3 N–H and O–H groups in total. The first-order valence-electron chi connectivity index (χ1n) is 10.9. The van der Waals surface area contributed by atoms with E-state index < -0.39 is 10.0 Å². The molecule has 1 aromatic carbocycles. The number of nitrogens with one attached hydrogen (secondary N) is 1. The Morgan fingerprint density at radius 2 is 1.78 bits per heavy atom. The minimum Gasteiger partial charge on any atom is -0.404 e. The minimum atomic E-state index is -3.58. The van der Waals surface area contributed by atoms with E-state index in [9.17, 15) is 13.2 Å². The van der Waals surface area contributed by atoms with E-state index in [0.717, 1.165) is 32.5 Å². The molecule has 0 aromatic heterocycles. The lowest BCUT2D eigenvalue weighted by Crippen LogP contribution is -2.40. The zero-order chi connectivity index (χ0) is 23.0. The lowest BCUT2D eigenvalue weighted by Gasteiger charge is -2.26. The predicted molar refractivity (Wildman–Crippen MR) is 123 cm³/mol. The normalized spacial score (nSPS) is 19.7. The number of ether oxygens (including phenoxy) is 2. The van der Waals surface area contributed by atoms with Crippen LogP contribution in [0.2, 0.25) is 0 Å². The van der Waals surface area contributed by atoms with Gasteiger partial charge in [-0.15, -0.1) is 0 Å². The number of morpholine rings is 1. The average molecular weight is 465 g/mol. The monoisotopic (exact) mass is 464 g/mol. The summed E-state index contributed by atoms with van der Waals surface area (Å²) >= 11 is 0. The highest BCUT2D eigenvalue weighted by molar-refractivity contribution is 7.89. The van der Waals surface area contributed by atoms with Crippen LogP contribution in [0.15, 0.2) is 45.9 Å². The van der Waals surface area contributed by atoms with Gasteiger partial charge in [0.15, 0.2) is 0 Å². The second-order valence-corrected chi connectivity index (χ2v) is 9.82. The second kappa shape index (κ2) is 11.6. The van der Waals surface area contributed by atoms with Crippen LogP contribution in [0.25, 0.3) is 0 Å². The smallest absolute Gasteiger partial charge is 0.258 e. The zero-order valence-electron chi connectivity index (χ0n) is 18.5. The van der Waals surface area contributed by atoms with Gasteiger partial charge in [-0.25, -0.2) is 8.42 Å². The maximum absolute atomic E-state index is 12.7. The fourth-order valence-corrected chi connectivity index (χ4v) is 5.15. The van der Waals surface area contributed by atoms with Gasteiger partial charge in [-0.2, -0.15) is 4.31 Å². The maximum Gasteiger partial charge on any atom is 0.258 e. The number of rotatable bonds is 8. The van der Waals surface area contributed by atoms with Gasteiger partial charge < -0.3 is 20.5 Å². The number of anilines is 1. The Labute approximate surface area is 189 Å². The number of nitrogens with two attached hydrogens (primary N) is 1.